The van der Waals surface area contributed by atoms with E-state index < -0.39 is 0 Å². The van der Waals surface area contributed by atoms with Gasteiger partial charge in [0.25, 0.3) is 0 Å². The molecule has 1 aliphatic rings. The first-order valence-corrected chi connectivity index (χ1v) is 6.27. The number of aromatic nitrogens is 1. The second kappa shape index (κ2) is 5.75. The molecule has 0 atom stereocenters. The lowest BCUT2D eigenvalue weighted by Crippen LogP contribution is -2.22. The summed E-state index contributed by atoms with van der Waals surface area (Å²) in [5.74, 6) is 1.81. The molecule has 0 fully saturated rings. The summed E-state index contributed by atoms with van der Waals surface area (Å²) in [6.45, 7) is 1.71. The average Bonchev–Trinajstić information content (AvgIpc) is 2.38. The molecule has 0 amide bonds. The molecule has 0 aromatic carbocycles. The van der Waals surface area contributed by atoms with Gasteiger partial charge in [0.1, 0.15) is 0 Å². The predicted octanol–water partition coefficient (Wildman–Crippen LogP) is 1.67. The number of nitrogens with one attached hydrogen (secondary N) is 1. The van der Waals surface area contributed by atoms with Crippen molar-refractivity contribution in [2.75, 3.05) is 19.4 Å². The van der Waals surface area contributed by atoms with Crippen LogP contribution in [0.2, 0.25) is 0 Å². The van der Waals surface area contributed by atoms with Gasteiger partial charge in [-0.1, -0.05) is 11.8 Å². The third-order valence-electron chi connectivity index (χ3n) is 2.25. The van der Waals surface area contributed by atoms with Crippen LogP contribution in [0, 0.1) is 0 Å². The molecule has 0 radical (unpaired) electrons. The van der Waals surface area contributed by atoms with Crippen LogP contribution in [0.1, 0.15) is 12.0 Å². The van der Waals surface area contributed by atoms with Crippen LogP contribution in [0.25, 0.3) is 0 Å². The van der Waals surface area contributed by atoms with Crippen molar-refractivity contribution in [1.82, 2.24) is 10.3 Å². The first-order chi connectivity index (χ1) is 7.88. The molecule has 86 valence electrons. The van der Waals surface area contributed by atoms with E-state index in [1.165, 1.54) is 6.42 Å². The van der Waals surface area contributed by atoms with E-state index in [2.05, 4.69) is 15.3 Å². The monoisotopic (exact) mass is 237 g/mol. The zero-order valence-electron chi connectivity index (χ0n) is 9.27. The number of aliphatic imine (C=N–C) groups is 1. The number of hydrogen-bond acceptors (Lipinski definition) is 5. The van der Waals surface area contributed by atoms with Crippen molar-refractivity contribution in [3.63, 3.8) is 0 Å². The first kappa shape index (κ1) is 11.3. The molecule has 1 aromatic heterocycles. The van der Waals surface area contributed by atoms with Gasteiger partial charge in [-0.2, -0.15) is 0 Å². The summed E-state index contributed by atoms with van der Waals surface area (Å²) in [4.78, 5) is 8.48. The van der Waals surface area contributed by atoms with Crippen molar-refractivity contribution in [1.29, 1.82) is 0 Å². The Bertz CT molecular complexity index is 381. The summed E-state index contributed by atoms with van der Waals surface area (Å²) in [6, 6.07) is 3.91. The first-order valence-electron chi connectivity index (χ1n) is 5.28. The summed E-state index contributed by atoms with van der Waals surface area (Å²) < 4.78 is 5.07. The normalized spacial score (nSPS) is 15.4. The summed E-state index contributed by atoms with van der Waals surface area (Å²) in [5.41, 5.74) is 1.15. The van der Waals surface area contributed by atoms with Crippen molar-refractivity contribution < 1.29 is 4.74 Å². The number of rotatable bonds is 3. The quantitative estimate of drug-likeness (QED) is 0.868. The second-order valence-corrected chi connectivity index (χ2v) is 4.53. The van der Waals surface area contributed by atoms with E-state index in [1.807, 2.05) is 12.1 Å². The molecule has 1 aliphatic heterocycles. The molecule has 4 nitrogen and oxygen atoms in total. The van der Waals surface area contributed by atoms with Gasteiger partial charge in [-0.25, -0.2) is 4.98 Å². The molecule has 0 aliphatic carbocycles. The van der Waals surface area contributed by atoms with Gasteiger partial charge in [-0.15, -0.1) is 0 Å². The van der Waals surface area contributed by atoms with Gasteiger partial charge in [0.2, 0.25) is 5.88 Å². The van der Waals surface area contributed by atoms with E-state index in [1.54, 1.807) is 25.1 Å². The fourth-order valence-corrected chi connectivity index (χ4v) is 2.24. The van der Waals surface area contributed by atoms with Gasteiger partial charge in [0.15, 0.2) is 5.17 Å². The Morgan fingerprint density at radius 1 is 1.56 bits per heavy atom. The minimum Gasteiger partial charge on any atom is -0.481 e. The third-order valence-corrected chi connectivity index (χ3v) is 3.29. The Morgan fingerprint density at radius 3 is 3.25 bits per heavy atom. The number of thioether (sulfide) groups is 1. The molecule has 2 heterocycles. The lowest BCUT2D eigenvalue weighted by Gasteiger charge is -2.13. The molecule has 1 aromatic rings. The number of ether oxygens (including phenoxy) is 1. The molecular weight excluding hydrogens is 222 g/mol. The van der Waals surface area contributed by atoms with Gasteiger partial charge >= 0.3 is 0 Å². The molecule has 0 unspecified atom stereocenters. The van der Waals surface area contributed by atoms with Crippen molar-refractivity contribution in [2.24, 2.45) is 4.99 Å². The number of hydrogen-bond donors (Lipinski definition) is 1. The fourth-order valence-electron chi connectivity index (χ4n) is 1.42. The summed E-state index contributed by atoms with van der Waals surface area (Å²) in [5, 5.41) is 4.36. The van der Waals surface area contributed by atoms with E-state index in [-0.39, 0.29) is 0 Å². The SMILES string of the molecule is COc1cc(CNC2=NCCCS2)ccn1. The van der Waals surface area contributed by atoms with Crippen LogP contribution in [-0.2, 0) is 6.54 Å². The highest BCUT2D eigenvalue weighted by Gasteiger charge is 2.05. The number of pyridine rings is 1. The van der Waals surface area contributed by atoms with E-state index in [0.717, 1.165) is 29.6 Å². The number of nitrogens with zero attached hydrogens (tertiary/aromatic N) is 2. The molecule has 2 rings (SSSR count). The Kier molecular flexibility index (Phi) is 4.04. The molecule has 0 bridgehead atoms. The average molecular weight is 237 g/mol. The smallest absolute Gasteiger partial charge is 0.213 e. The minimum absolute atomic E-state index is 0.650. The molecule has 0 spiro atoms. The predicted molar refractivity (Wildman–Crippen MR) is 67.0 cm³/mol. The van der Waals surface area contributed by atoms with Gasteiger partial charge in [-0.3, -0.25) is 4.99 Å². The van der Waals surface area contributed by atoms with Gasteiger partial charge in [-0.05, 0) is 18.1 Å². The Morgan fingerprint density at radius 2 is 2.50 bits per heavy atom. The van der Waals surface area contributed by atoms with Gasteiger partial charge < -0.3 is 10.1 Å². The third kappa shape index (κ3) is 3.13. The zero-order valence-corrected chi connectivity index (χ0v) is 10.1. The van der Waals surface area contributed by atoms with Crippen LogP contribution in [0.15, 0.2) is 23.3 Å². The van der Waals surface area contributed by atoms with Crippen LogP contribution in [0.3, 0.4) is 0 Å². The van der Waals surface area contributed by atoms with Gasteiger partial charge in [0, 0.05) is 31.1 Å². The van der Waals surface area contributed by atoms with Crippen molar-refractivity contribution >= 4 is 16.9 Å². The molecule has 0 saturated heterocycles. The summed E-state index contributed by atoms with van der Waals surface area (Å²) in [7, 11) is 1.63. The van der Waals surface area contributed by atoms with Crippen LogP contribution in [0.4, 0.5) is 0 Å². The maximum Gasteiger partial charge on any atom is 0.213 e. The molecule has 0 saturated carbocycles. The van der Waals surface area contributed by atoms with Crippen LogP contribution in [-0.4, -0.2) is 29.6 Å². The maximum absolute atomic E-state index is 5.07. The van der Waals surface area contributed by atoms with Crippen molar-refractivity contribution in [3.8, 4) is 5.88 Å². The number of amidine groups is 1. The van der Waals surface area contributed by atoms with Crippen LogP contribution >= 0.6 is 11.8 Å². The highest BCUT2D eigenvalue weighted by Crippen LogP contribution is 2.12. The fraction of sp³-hybridized carbons (Fsp3) is 0.455. The molecular formula is C11H15N3OS. The zero-order chi connectivity index (χ0) is 11.2. The molecule has 1 N–H and O–H groups in total. The van der Waals surface area contributed by atoms with Crippen LogP contribution in [0.5, 0.6) is 5.88 Å². The minimum atomic E-state index is 0.650. The Hall–Kier alpha value is -1.23. The molecule has 5 heteroatoms. The van der Waals surface area contributed by atoms with Crippen molar-refractivity contribution in [3.05, 3.63) is 23.9 Å². The highest BCUT2D eigenvalue weighted by molar-refractivity contribution is 8.13. The summed E-state index contributed by atoms with van der Waals surface area (Å²) >= 11 is 1.78. The van der Waals surface area contributed by atoms with Crippen LogP contribution < -0.4 is 10.1 Å². The topological polar surface area (TPSA) is 46.5 Å². The van der Waals surface area contributed by atoms with E-state index >= 15 is 0 Å². The second-order valence-electron chi connectivity index (χ2n) is 3.45. The lowest BCUT2D eigenvalue weighted by molar-refractivity contribution is 0.397. The highest BCUT2D eigenvalue weighted by atomic mass is 32.2. The van der Waals surface area contributed by atoms with E-state index in [9.17, 15) is 0 Å². The standard InChI is InChI=1S/C11H15N3OS/c1-15-10-7-9(3-5-12-10)8-14-11-13-4-2-6-16-11/h3,5,7H,2,4,6,8H2,1H3,(H,13,14). The van der Waals surface area contributed by atoms with Crippen molar-refractivity contribution in [2.45, 2.75) is 13.0 Å². The van der Waals surface area contributed by atoms with E-state index in [4.69, 9.17) is 4.74 Å². The Labute approximate surface area is 99.5 Å². The maximum atomic E-state index is 5.07. The molecule has 16 heavy (non-hydrogen) atoms. The van der Waals surface area contributed by atoms with Gasteiger partial charge in [0.05, 0.1) is 7.11 Å². The lowest BCUT2D eigenvalue weighted by atomic mass is 10.3. The Balaban J connectivity index is 1.91. The summed E-state index contributed by atoms with van der Waals surface area (Å²) in [6.07, 6.45) is 2.94. The van der Waals surface area contributed by atoms with E-state index in [0.29, 0.717) is 5.88 Å². The number of methoxy groups -OCH3 is 1. The largest absolute Gasteiger partial charge is 0.481 e.